The maximum atomic E-state index is 13.6. The zero-order valence-corrected chi connectivity index (χ0v) is 13.4. The van der Waals surface area contributed by atoms with E-state index in [4.69, 9.17) is 0 Å². The van der Waals surface area contributed by atoms with Crippen LogP contribution in [0.4, 0.5) is 18.9 Å². The molecule has 0 fully saturated rings. The lowest BCUT2D eigenvalue weighted by atomic mass is 10.3. The molecule has 0 radical (unpaired) electrons. The molecule has 0 atom stereocenters. The number of aromatic amines is 1. The molecule has 0 saturated heterocycles. The molecule has 0 aliphatic heterocycles. The number of amides is 1. The summed E-state index contributed by atoms with van der Waals surface area (Å²) in [6.07, 6.45) is 0. The third kappa shape index (κ3) is 3.79. The summed E-state index contributed by atoms with van der Waals surface area (Å²) in [5, 5.41) is 12.8. The first-order chi connectivity index (χ1) is 12.1. The molecule has 0 saturated carbocycles. The lowest BCUT2D eigenvalue weighted by Crippen LogP contribution is -2.35. The zero-order chi connectivity index (χ0) is 17.8. The molecule has 3 rings (SSSR count). The number of tetrazole rings is 1. The molecule has 3 aromatic rings. The summed E-state index contributed by atoms with van der Waals surface area (Å²) < 4.78 is 41.2. The van der Waals surface area contributed by atoms with Crippen molar-refractivity contribution < 1.29 is 22.6 Å². The van der Waals surface area contributed by atoms with Crippen molar-refractivity contribution in [2.75, 3.05) is 11.1 Å². The van der Waals surface area contributed by atoms with Gasteiger partial charge < -0.3 is 5.32 Å². The van der Waals surface area contributed by atoms with Crippen LogP contribution in [0.15, 0.2) is 47.6 Å². The maximum Gasteiger partial charge on any atom is 0.365 e. The topological polar surface area (TPSA) is 74.5 Å². The Morgan fingerprint density at radius 1 is 1.12 bits per heavy atom. The van der Waals surface area contributed by atoms with Gasteiger partial charge in [0.05, 0.1) is 11.4 Å². The standard InChI is InChI=1S/C15H10F3N5OS/c16-10-6-7-11(14(18)13(10)17)19-12(24)8-25-15-20-21-22-23(15)9-4-2-1-3-5-9/h1-7H,8H2,(H,19,24)/p+1. The van der Waals surface area contributed by atoms with Crippen LogP contribution in [-0.2, 0) is 4.79 Å². The number of halogens is 3. The van der Waals surface area contributed by atoms with Gasteiger partial charge in [0.15, 0.2) is 22.7 Å². The molecule has 0 unspecified atom stereocenters. The first-order valence-corrected chi connectivity index (χ1v) is 7.99. The molecule has 25 heavy (non-hydrogen) atoms. The van der Waals surface area contributed by atoms with E-state index in [1.54, 1.807) is 4.68 Å². The van der Waals surface area contributed by atoms with Crippen molar-refractivity contribution in [1.82, 2.24) is 15.5 Å². The van der Waals surface area contributed by atoms with Crippen LogP contribution in [0.25, 0.3) is 5.69 Å². The monoisotopic (exact) mass is 366 g/mol. The van der Waals surface area contributed by atoms with Gasteiger partial charge >= 0.3 is 5.16 Å². The third-order valence-corrected chi connectivity index (χ3v) is 4.06. The highest BCUT2D eigenvalue weighted by Gasteiger charge is 2.20. The predicted molar refractivity (Wildman–Crippen MR) is 83.6 cm³/mol. The average Bonchev–Trinajstić information content (AvgIpc) is 3.10. The van der Waals surface area contributed by atoms with Crippen LogP contribution >= 0.6 is 11.8 Å². The van der Waals surface area contributed by atoms with E-state index in [2.05, 4.69) is 20.8 Å². The fourth-order valence-corrected chi connectivity index (χ4v) is 2.68. The summed E-state index contributed by atoms with van der Waals surface area (Å²) in [7, 11) is 0. The van der Waals surface area contributed by atoms with Crippen LogP contribution in [0.3, 0.4) is 0 Å². The Labute approximate surface area is 144 Å². The van der Waals surface area contributed by atoms with Crippen molar-refractivity contribution in [3.05, 3.63) is 59.9 Å². The van der Waals surface area contributed by atoms with Gasteiger partial charge in [-0.25, -0.2) is 13.2 Å². The predicted octanol–water partition coefficient (Wildman–Crippen LogP) is 2.23. The Morgan fingerprint density at radius 2 is 1.88 bits per heavy atom. The number of carbonyl (C=O) groups excluding carboxylic acids is 1. The number of rotatable bonds is 5. The summed E-state index contributed by atoms with van der Waals surface area (Å²) >= 11 is 1.04. The second-order valence-corrected chi connectivity index (χ2v) is 5.76. The molecule has 6 nitrogen and oxygen atoms in total. The van der Waals surface area contributed by atoms with E-state index in [1.807, 2.05) is 30.3 Å². The molecule has 0 aliphatic rings. The summed E-state index contributed by atoms with van der Waals surface area (Å²) in [6.45, 7) is 0. The Kier molecular flexibility index (Phi) is 4.98. The van der Waals surface area contributed by atoms with Crippen LogP contribution in [-0.4, -0.2) is 27.2 Å². The number of para-hydroxylation sites is 1. The van der Waals surface area contributed by atoms with Crippen LogP contribution in [0, 0.1) is 17.5 Å². The summed E-state index contributed by atoms with van der Waals surface area (Å²) in [5.41, 5.74) is 0.336. The van der Waals surface area contributed by atoms with Gasteiger partial charge in [0.25, 0.3) is 0 Å². The van der Waals surface area contributed by atoms with Crippen LogP contribution in [0.2, 0.25) is 0 Å². The summed E-state index contributed by atoms with van der Waals surface area (Å²) in [4.78, 5) is 11.9. The average molecular weight is 366 g/mol. The van der Waals surface area contributed by atoms with E-state index in [9.17, 15) is 18.0 Å². The number of carbonyl (C=O) groups is 1. The number of hydrogen-bond acceptors (Lipinski definition) is 4. The summed E-state index contributed by atoms with van der Waals surface area (Å²) in [5.74, 6) is -5.13. The number of nitrogens with zero attached hydrogens (tertiary/aromatic N) is 3. The van der Waals surface area contributed by atoms with Crippen molar-refractivity contribution in [3.8, 4) is 5.69 Å². The molecular formula is C15H11F3N5OS+. The fourth-order valence-electron chi connectivity index (χ4n) is 1.97. The lowest BCUT2D eigenvalue weighted by Gasteiger charge is -2.06. The van der Waals surface area contributed by atoms with Crippen LogP contribution in [0.5, 0.6) is 0 Å². The van der Waals surface area contributed by atoms with Gasteiger partial charge in [-0.3, -0.25) is 4.79 Å². The van der Waals surface area contributed by atoms with Gasteiger partial charge in [-0.05, 0) is 36.0 Å². The van der Waals surface area contributed by atoms with E-state index in [-0.39, 0.29) is 5.75 Å². The fraction of sp³-hybridized carbons (Fsp3) is 0.0667. The van der Waals surface area contributed by atoms with E-state index in [0.29, 0.717) is 5.16 Å². The molecule has 0 spiro atoms. The minimum Gasteiger partial charge on any atom is -0.323 e. The van der Waals surface area contributed by atoms with Gasteiger partial charge in [-0.15, -0.1) is 4.68 Å². The van der Waals surface area contributed by atoms with Crippen molar-refractivity contribution in [1.29, 1.82) is 0 Å². The van der Waals surface area contributed by atoms with Crippen LogP contribution in [0.1, 0.15) is 0 Å². The smallest absolute Gasteiger partial charge is 0.323 e. The van der Waals surface area contributed by atoms with E-state index >= 15 is 0 Å². The second-order valence-electron chi connectivity index (χ2n) is 4.81. The molecule has 0 aliphatic carbocycles. The number of nitrogens with one attached hydrogen (secondary N) is 2. The van der Waals surface area contributed by atoms with E-state index in [1.165, 1.54) is 0 Å². The Morgan fingerprint density at radius 3 is 2.64 bits per heavy atom. The highest BCUT2D eigenvalue weighted by Crippen LogP contribution is 2.20. The Bertz CT molecular complexity index is 903. The number of anilines is 1. The maximum absolute atomic E-state index is 13.6. The molecular weight excluding hydrogens is 355 g/mol. The minimum absolute atomic E-state index is 0.127. The van der Waals surface area contributed by atoms with Gasteiger partial charge in [0.1, 0.15) is 10.8 Å². The van der Waals surface area contributed by atoms with E-state index < -0.39 is 29.0 Å². The quantitative estimate of drug-likeness (QED) is 0.413. The van der Waals surface area contributed by atoms with Crippen LogP contribution < -0.4 is 10.00 Å². The van der Waals surface area contributed by atoms with Gasteiger partial charge in [-0.1, -0.05) is 23.4 Å². The molecule has 2 N–H and O–H groups in total. The molecule has 1 heterocycles. The second kappa shape index (κ2) is 7.34. The summed E-state index contributed by atoms with van der Waals surface area (Å²) in [6, 6.07) is 10.8. The first kappa shape index (κ1) is 17.0. The van der Waals surface area contributed by atoms with Crippen molar-refractivity contribution >= 4 is 23.4 Å². The molecule has 0 bridgehead atoms. The first-order valence-electron chi connectivity index (χ1n) is 7.01. The Hall–Kier alpha value is -2.88. The molecule has 128 valence electrons. The SMILES string of the molecule is O=C(CSc1nn[nH][n+]1-c1ccccc1)Nc1ccc(F)c(F)c1F. The third-order valence-electron chi connectivity index (χ3n) is 3.13. The van der Waals surface area contributed by atoms with Crippen molar-refractivity contribution in [2.45, 2.75) is 5.16 Å². The van der Waals surface area contributed by atoms with Gasteiger partial charge in [0.2, 0.25) is 5.91 Å². The normalized spacial score (nSPS) is 10.7. The van der Waals surface area contributed by atoms with Gasteiger partial charge in [0, 0.05) is 0 Å². The highest BCUT2D eigenvalue weighted by atomic mass is 32.2. The molecule has 1 aromatic heterocycles. The van der Waals surface area contributed by atoms with Crippen molar-refractivity contribution in [3.63, 3.8) is 0 Å². The number of thioether (sulfide) groups is 1. The van der Waals surface area contributed by atoms with Gasteiger partial charge in [-0.2, -0.15) is 0 Å². The lowest BCUT2D eigenvalue weighted by molar-refractivity contribution is -0.697. The van der Waals surface area contributed by atoms with Crippen molar-refractivity contribution in [2.24, 2.45) is 0 Å². The molecule has 1 amide bonds. The minimum atomic E-state index is -1.64. The molecule has 2 aromatic carbocycles. The molecule has 10 heteroatoms. The van der Waals surface area contributed by atoms with E-state index in [0.717, 1.165) is 29.6 Å². The number of aromatic nitrogens is 4. The number of H-pyrrole nitrogens is 1. The zero-order valence-electron chi connectivity index (χ0n) is 12.5. The Balaban J connectivity index is 1.66. The highest BCUT2D eigenvalue weighted by molar-refractivity contribution is 7.99. The largest absolute Gasteiger partial charge is 0.365 e. The number of hydrogen-bond donors (Lipinski definition) is 2. The number of benzene rings is 2.